The van der Waals surface area contributed by atoms with E-state index in [0.717, 1.165) is 19.3 Å². The van der Waals surface area contributed by atoms with Gasteiger partial charge in [-0.1, -0.05) is 0 Å². The zero-order valence-corrected chi connectivity index (χ0v) is 5.32. The molecule has 1 fully saturated rings. The molecule has 0 amide bonds. The van der Waals surface area contributed by atoms with Gasteiger partial charge >= 0.3 is 0 Å². The van der Waals surface area contributed by atoms with Gasteiger partial charge in [0.05, 0.1) is 11.2 Å². The Morgan fingerprint density at radius 2 is 2.62 bits per heavy atom. The van der Waals surface area contributed by atoms with E-state index in [-0.39, 0.29) is 5.25 Å². The van der Waals surface area contributed by atoms with E-state index >= 15 is 0 Å². The van der Waals surface area contributed by atoms with Crippen LogP contribution in [0.5, 0.6) is 0 Å². The molecule has 46 valence electrons. The summed E-state index contributed by atoms with van der Waals surface area (Å²) < 4.78 is 5.01. The lowest BCUT2D eigenvalue weighted by atomic mass is 10.3. The molecule has 3 heteroatoms. The number of carbonyl (C=O) groups excluding carboxylic acids is 1. The Hall–Kier alpha value is -0.0200. The van der Waals surface area contributed by atoms with Gasteiger partial charge in [-0.3, -0.25) is 0 Å². The second-order valence-electron chi connectivity index (χ2n) is 1.66. The molecule has 1 saturated heterocycles. The van der Waals surface area contributed by atoms with Crippen molar-refractivity contribution in [3.05, 3.63) is 0 Å². The first-order chi connectivity index (χ1) is 3.93. The molecule has 1 rings (SSSR count). The summed E-state index contributed by atoms with van der Waals surface area (Å²) >= 11 is 1.57. The van der Waals surface area contributed by atoms with Gasteiger partial charge in [0.2, 0.25) is 0 Å². The molecule has 0 radical (unpaired) electrons. The molecule has 0 N–H and O–H groups in total. The molecule has 1 unspecified atom stereocenters. The number of ether oxygens (including phenoxy) is 1. The summed E-state index contributed by atoms with van der Waals surface area (Å²) in [7, 11) is 0. The standard InChI is InChI=1S/C5H8O2S/c6-3-5-1-2-7-4-8-5/h3,5H,1-2,4H2. The van der Waals surface area contributed by atoms with Gasteiger partial charge in [-0.25, -0.2) is 0 Å². The minimum Gasteiger partial charge on any atom is -0.371 e. The van der Waals surface area contributed by atoms with Gasteiger partial charge < -0.3 is 9.53 Å². The lowest BCUT2D eigenvalue weighted by Crippen LogP contribution is -2.15. The van der Waals surface area contributed by atoms with Crippen molar-refractivity contribution in [2.24, 2.45) is 0 Å². The highest BCUT2D eigenvalue weighted by molar-refractivity contribution is 8.00. The highest BCUT2D eigenvalue weighted by atomic mass is 32.2. The molecule has 0 aromatic heterocycles. The molecule has 0 spiro atoms. The molecule has 0 bridgehead atoms. The summed E-state index contributed by atoms with van der Waals surface area (Å²) in [6, 6.07) is 0. The van der Waals surface area contributed by atoms with E-state index in [1.165, 1.54) is 0 Å². The second kappa shape index (κ2) is 3.10. The van der Waals surface area contributed by atoms with Crippen LogP contribution >= 0.6 is 11.8 Å². The first kappa shape index (κ1) is 6.11. The molecule has 1 aliphatic heterocycles. The van der Waals surface area contributed by atoms with Gasteiger partial charge in [-0.2, -0.15) is 0 Å². The molecule has 8 heavy (non-hydrogen) atoms. The van der Waals surface area contributed by atoms with Crippen LogP contribution in [0.2, 0.25) is 0 Å². The van der Waals surface area contributed by atoms with Crippen LogP contribution in [0.1, 0.15) is 6.42 Å². The van der Waals surface area contributed by atoms with Crippen LogP contribution < -0.4 is 0 Å². The maximum Gasteiger partial charge on any atom is 0.133 e. The van der Waals surface area contributed by atoms with Gasteiger partial charge in [0, 0.05) is 6.61 Å². The first-order valence-electron chi connectivity index (χ1n) is 2.58. The number of thioether (sulfide) groups is 1. The maximum absolute atomic E-state index is 10.1. The summed E-state index contributed by atoms with van der Waals surface area (Å²) in [6.45, 7) is 0.746. The predicted octanol–water partition coefficient (Wildman–Crippen LogP) is 0.665. The van der Waals surface area contributed by atoms with Crippen molar-refractivity contribution in [3.63, 3.8) is 0 Å². The van der Waals surface area contributed by atoms with Crippen molar-refractivity contribution < 1.29 is 9.53 Å². The van der Waals surface area contributed by atoms with Crippen LogP contribution in [-0.2, 0) is 9.53 Å². The third-order valence-electron chi connectivity index (χ3n) is 1.06. The Balaban J connectivity index is 2.22. The van der Waals surface area contributed by atoms with E-state index in [1.807, 2.05) is 0 Å². The molecule has 1 aliphatic rings. The van der Waals surface area contributed by atoms with Crippen molar-refractivity contribution in [2.45, 2.75) is 11.7 Å². The smallest absolute Gasteiger partial charge is 0.133 e. The van der Waals surface area contributed by atoms with Crippen molar-refractivity contribution in [3.8, 4) is 0 Å². The fourth-order valence-corrected chi connectivity index (χ4v) is 1.31. The van der Waals surface area contributed by atoms with Gasteiger partial charge in [0.25, 0.3) is 0 Å². The average Bonchev–Trinajstić information content (AvgIpc) is 1.90. The Kier molecular flexibility index (Phi) is 2.36. The molecular weight excluding hydrogens is 124 g/mol. The fourth-order valence-electron chi connectivity index (χ4n) is 0.585. The zero-order valence-electron chi connectivity index (χ0n) is 4.50. The van der Waals surface area contributed by atoms with E-state index in [4.69, 9.17) is 4.74 Å². The van der Waals surface area contributed by atoms with Crippen molar-refractivity contribution in [1.29, 1.82) is 0 Å². The molecule has 0 aliphatic carbocycles. The fraction of sp³-hybridized carbons (Fsp3) is 0.800. The highest BCUT2D eigenvalue weighted by Gasteiger charge is 2.11. The Labute approximate surface area is 52.6 Å². The number of carbonyl (C=O) groups is 1. The van der Waals surface area contributed by atoms with Crippen molar-refractivity contribution >= 4 is 18.0 Å². The molecule has 1 atom stereocenters. The van der Waals surface area contributed by atoms with Crippen molar-refractivity contribution in [1.82, 2.24) is 0 Å². The minimum absolute atomic E-state index is 0.198. The van der Waals surface area contributed by atoms with Crippen molar-refractivity contribution in [2.75, 3.05) is 12.5 Å². The normalized spacial score (nSPS) is 29.8. The summed E-state index contributed by atoms with van der Waals surface area (Å²) in [6.07, 6.45) is 1.88. The zero-order chi connectivity index (χ0) is 5.82. The van der Waals surface area contributed by atoms with Gasteiger partial charge in [0.15, 0.2) is 0 Å². The van der Waals surface area contributed by atoms with E-state index in [0.29, 0.717) is 5.94 Å². The third kappa shape index (κ3) is 1.49. The SMILES string of the molecule is O=CC1CCOCS1. The Morgan fingerprint density at radius 3 is 3.00 bits per heavy atom. The largest absolute Gasteiger partial charge is 0.371 e. The lowest BCUT2D eigenvalue weighted by molar-refractivity contribution is -0.107. The van der Waals surface area contributed by atoms with E-state index in [1.54, 1.807) is 11.8 Å². The number of rotatable bonds is 1. The Bertz CT molecular complexity index is 78.5. The molecule has 0 saturated carbocycles. The van der Waals surface area contributed by atoms with Crippen LogP contribution in [-0.4, -0.2) is 24.1 Å². The third-order valence-corrected chi connectivity index (χ3v) is 2.14. The molecule has 1 heterocycles. The van der Waals surface area contributed by atoms with Crippen LogP contribution in [0, 0.1) is 0 Å². The minimum atomic E-state index is 0.198. The van der Waals surface area contributed by atoms with Gasteiger partial charge in [-0.15, -0.1) is 11.8 Å². The predicted molar refractivity (Wildman–Crippen MR) is 32.9 cm³/mol. The topological polar surface area (TPSA) is 26.3 Å². The number of hydrogen-bond acceptors (Lipinski definition) is 3. The highest BCUT2D eigenvalue weighted by Crippen LogP contribution is 2.17. The second-order valence-corrected chi connectivity index (χ2v) is 2.83. The summed E-state index contributed by atoms with van der Waals surface area (Å²) in [4.78, 5) is 10.1. The summed E-state index contributed by atoms with van der Waals surface area (Å²) in [5.74, 6) is 0.684. The molecular formula is C5H8O2S. The van der Waals surface area contributed by atoms with Gasteiger partial charge in [-0.05, 0) is 6.42 Å². The van der Waals surface area contributed by atoms with Gasteiger partial charge in [0.1, 0.15) is 6.29 Å². The molecule has 0 aromatic carbocycles. The van der Waals surface area contributed by atoms with Crippen LogP contribution in [0.4, 0.5) is 0 Å². The summed E-state index contributed by atoms with van der Waals surface area (Å²) in [5.41, 5.74) is 0. The van der Waals surface area contributed by atoms with Crippen LogP contribution in [0.15, 0.2) is 0 Å². The van der Waals surface area contributed by atoms with Crippen LogP contribution in [0.25, 0.3) is 0 Å². The first-order valence-corrected chi connectivity index (χ1v) is 3.63. The quantitative estimate of drug-likeness (QED) is 0.490. The van der Waals surface area contributed by atoms with Crippen LogP contribution in [0.3, 0.4) is 0 Å². The molecule has 2 nitrogen and oxygen atoms in total. The number of hydrogen-bond donors (Lipinski definition) is 0. The Morgan fingerprint density at radius 1 is 1.75 bits per heavy atom. The van der Waals surface area contributed by atoms with E-state index in [2.05, 4.69) is 0 Å². The van der Waals surface area contributed by atoms with E-state index in [9.17, 15) is 4.79 Å². The average molecular weight is 132 g/mol. The monoisotopic (exact) mass is 132 g/mol. The molecule has 0 aromatic rings. The summed E-state index contributed by atoms with van der Waals surface area (Å²) in [5, 5.41) is 0.198. The van der Waals surface area contributed by atoms with E-state index < -0.39 is 0 Å². The lowest BCUT2D eigenvalue weighted by Gasteiger charge is -2.15. The maximum atomic E-state index is 10.1. The number of aldehydes is 1.